The minimum absolute atomic E-state index is 0.0344. The molecule has 3 N–H and O–H groups in total. The molecule has 1 heterocycles. The molecule has 1 aliphatic rings. The first-order valence-electron chi connectivity index (χ1n) is 6.83. The lowest BCUT2D eigenvalue weighted by Crippen LogP contribution is -2.51. The van der Waals surface area contributed by atoms with Gasteiger partial charge in [0.05, 0.1) is 18.4 Å². The highest BCUT2D eigenvalue weighted by Crippen LogP contribution is 2.24. The third-order valence-electron chi connectivity index (χ3n) is 3.81. The van der Waals surface area contributed by atoms with Crippen molar-refractivity contribution in [2.45, 2.75) is 32.7 Å². The van der Waals surface area contributed by atoms with E-state index in [1.165, 1.54) is 4.90 Å². The van der Waals surface area contributed by atoms with Gasteiger partial charge in [-0.3, -0.25) is 14.4 Å². The maximum atomic E-state index is 12.0. The molecule has 7 heteroatoms. The molecule has 3 atom stereocenters. The Kier molecular flexibility index (Phi) is 5.94. The van der Waals surface area contributed by atoms with E-state index in [9.17, 15) is 14.4 Å². The normalized spacial score (nSPS) is 24.2. The zero-order valence-corrected chi connectivity index (χ0v) is 11.8. The van der Waals surface area contributed by atoms with E-state index in [4.69, 9.17) is 10.2 Å². The van der Waals surface area contributed by atoms with Crippen molar-refractivity contribution in [3.8, 4) is 0 Å². The molecule has 1 rings (SSSR count). The summed E-state index contributed by atoms with van der Waals surface area (Å²) in [6, 6.07) is 0.214. The van der Waals surface area contributed by atoms with Gasteiger partial charge in [0, 0.05) is 19.1 Å². The highest BCUT2D eigenvalue weighted by atomic mass is 16.4. The van der Waals surface area contributed by atoms with Gasteiger partial charge in [-0.25, -0.2) is 0 Å². The van der Waals surface area contributed by atoms with E-state index in [-0.39, 0.29) is 31.5 Å². The van der Waals surface area contributed by atoms with Crippen LogP contribution in [0, 0.1) is 11.8 Å². The fraction of sp³-hybridized carbons (Fsp3) is 0.769. The van der Waals surface area contributed by atoms with Crippen molar-refractivity contribution >= 4 is 17.8 Å². The Morgan fingerprint density at radius 3 is 2.35 bits per heavy atom. The standard InChI is InChI=1S/C13H22N2O5/c1-3-8(2)14-6-11(16)15-5-4-9(12(17)18)10(7-15)13(19)20/h8-10,14H,3-7H2,1-2H3,(H,17,18)(H,19,20). The number of carboxylic acid groups (broad SMARTS) is 2. The average molecular weight is 286 g/mol. The van der Waals surface area contributed by atoms with Crippen LogP contribution < -0.4 is 5.32 Å². The van der Waals surface area contributed by atoms with Gasteiger partial charge in [0.2, 0.25) is 5.91 Å². The SMILES string of the molecule is CCC(C)NCC(=O)N1CCC(C(=O)O)C(C(=O)O)C1. The molecule has 114 valence electrons. The summed E-state index contributed by atoms with van der Waals surface area (Å²) in [5, 5.41) is 21.2. The van der Waals surface area contributed by atoms with Crippen molar-refractivity contribution in [3.05, 3.63) is 0 Å². The van der Waals surface area contributed by atoms with E-state index >= 15 is 0 Å². The molecule has 3 unspecified atom stereocenters. The Labute approximate surface area is 117 Å². The maximum absolute atomic E-state index is 12.0. The van der Waals surface area contributed by atoms with Gasteiger partial charge in [-0.15, -0.1) is 0 Å². The van der Waals surface area contributed by atoms with Gasteiger partial charge in [-0.1, -0.05) is 6.92 Å². The number of rotatable bonds is 6. The average Bonchev–Trinajstić information content (AvgIpc) is 2.43. The number of carboxylic acids is 2. The first-order valence-corrected chi connectivity index (χ1v) is 6.83. The van der Waals surface area contributed by atoms with Crippen LogP contribution in [0.5, 0.6) is 0 Å². The largest absolute Gasteiger partial charge is 0.481 e. The van der Waals surface area contributed by atoms with E-state index in [1.54, 1.807) is 0 Å². The maximum Gasteiger partial charge on any atom is 0.309 e. The van der Waals surface area contributed by atoms with E-state index in [2.05, 4.69) is 5.32 Å². The number of carbonyl (C=O) groups is 3. The predicted octanol–water partition coefficient (Wildman–Crippen LogP) is 0.00840. The zero-order chi connectivity index (χ0) is 15.3. The minimum Gasteiger partial charge on any atom is -0.481 e. The first kappa shape index (κ1) is 16.4. The van der Waals surface area contributed by atoms with Gasteiger partial charge in [0.15, 0.2) is 0 Å². The predicted molar refractivity (Wildman–Crippen MR) is 71.2 cm³/mol. The summed E-state index contributed by atoms with van der Waals surface area (Å²) in [4.78, 5) is 35.6. The molecule has 0 radical (unpaired) electrons. The van der Waals surface area contributed by atoms with Crippen LogP contribution in [0.25, 0.3) is 0 Å². The van der Waals surface area contributed by atoms with Crippen LogP contribution >= 0.6 is 0 Å². The van der Waals surface area contributed by atoms with Crippen molar-refractivity contribution in [2.75, 3.05) is 19.6 Å². The monoisotopic (exact) mass is 286 g/mol. The number of nitrogens with one attached hydrogen (secondary N) is 1. The van der Waals surface area contributed by atoms with Gasteiger partial charge in [0.25, 0.3) is 0 Å². The Bertz CT molecular complexity index is 385. The van der Waals surface area contributed by atoms with Crippen LogP contribution in [-0.4, -0.2) is 58.6 Å². The van der Waals surface area contributed by atoms with E-state index < -0.39 is 23.8 Å². The second-order valence-corrected chi connectivity index (χ2v) is 5.21. The molecule has 20 heavy (non-hydrogen) atoms. The summed E-state index contributed by atoms with van der Waals surface area (Å²) in [6.45, 7) is 4.37. The molecular formula is C13H22N2O5. The second-order valence-electron chi connectivity index (χ2n) is 5.21. The van der Waals surface area contributed by atoms with Crippen molar-refractivity contribution in [2.24, 2.45) is 11.8 Å². The number of carbonyl (C=O) groups excluding carboxylic acids is 1. The molecule has 0 saturated carbocycles. The number of aliphatic carboxylic acids is 2. The van der Waals surface area contributed by atoms with Crippen molar-refractivity contribution in [1.82, 2.24) is 10.2 Å². The van der Waals surface area contributed by atoms with Gasteiger partial charge in [-0.2, -0.15) is 0 Å². The fourth-order valence-electron chi connectivity index (χ4n) is 2.24. The quantitative estimate of drug-likeness (QED) is 0.635. The lowest BCUT2D eigenvalue weighted by Gasteiger charge is -2.34. The molecule has 1 saturated heterocycles. The summed E-state index contributed by atoms with van der Waals surface area (Å²) >= 11 is 0. The van der Waals surface area contributed by atoms with E-state index in [0.29, 0.717) is 6.54 Å². The summed E-state index contributed by atoms with van der Waals surface area (Å²) in [7, 11) is 0. The van der Waals surface area contributed by atoms with E-state index in [0.717, 1.165) is 6.42 Å². The number of nitrogens with zero attached hydrogens (tertiary/aromatic N) is 1. The lowest BCUT2D eigenvalue weighted by atomic mass is 9.85. The topological polar surface area (TPSA) is 107 Å². The smallest absolute Gasteiger partial charge is 0.309 e. The molecule has 0 aromatic carbocycles. The molecular weight excluding hydrogens is 264 g/mol. The Balaban J connectivity index is 2.60. The van der Waals surface area contributed by atoms with Crippen LogP contribution in [0.2, 0.25) is 0 Å². The molecule has 0 spiro atoms. The number of likely N-dealkylation sites (tertiary alicyclic amines) is 1. The molecule has 1 fully saturated rings. The van der Waals surface area contributed by atoms with Crippen LogP contribution in [-0.2, 0) is 14.4 Å². The fourth-order valence-corrected chi connectivity index (χ4v) is 2.24. The zero-order valence-electron chi connectivity index (χ0n) is 11.8. The number of amides is 1. The molecule has 1 amide bonds. The molecule has 0 aliphatic carbocycles. The summed E-state index contributed by atoms with van der Waals surface area (Å²) in [6.07, 6.45) is 1.08. The highest BCUT2D eigenvalue weighted by molar-refractivity contribution is 5.83. The van der Waals surface area contributed by atoms with Crippen molar-refractivity contribution in [1.29, 1.82) is 0 Å². The van der Waals surface area contributed by atoms with Crippen LogP contribution in [0.15, 0.2) is 0 Å². The summed E-state index contributed by atoms with van der Waals surface area (Å²) < 4.78 is 0. The van der Waals surface area contributed by atoms with E-state index in [1.807, 2.05) is 13.8 Å². The van der Waals surface area contributed by atoms with Crippen molar-refractivity contribution in [3.63, 3.8) is 0 Å². The molecule has 0 aromatic rings. The Morgan fingerprint density at radius 2 is 1.85 bits per heavy atom. The van der Waals surface area contributed by atoms with Gasteiger partial charge < -0.3 is 20.4 Å². The third kappa shape index (κ3) is 4.19. The number of hydrogen-bond donors (Lipinski definition) is 3. The number of piperidine rings is 1. The molecule has 0 bridgehead atoms. The summed E-state index contributed by atoms with van der Waals surface area (Å²) in [5.41, 5.74) is 0. The Morgan fingerprint density at radius 1 is 1.25 bits per heavy atom. The van der Waals surface area contributed by atoms with Gasteiger partial charge in [-0.05, 0) is 19.8 Å². The molecule has 7 nitrogen and oxygen atoms in total. The van der Waals surface area contributed by atoms with Crippen LogP contribution in [0.4, 0.5) is 0 Å². The lowest BCUT2D eigenvalue weighted by molar-refractivity contribution is -0.159. The van der Waals surface area contributed by atoms with Crippen molar-refractivity contribution < 1.29 is 24.6 Å². The Hall–Kier alpha value is -1.63. The third-order valence-corrected chi connectivity index (χ3v) is 3.81. The second kappa shape index (κ2) is 7.23. The molecule has 1 aliphatic heterocycles. The van der Waals surface area contributed by atoms with Gasteiger partial charge in [0.1, 0.15) is 0 Å². The summed E-state index contributed by atoms with van der Waals surface area (Å²) in [5.74, 6) is -4.40. The van der Waals surface area contributed by atoms with Gasteiger partial charge >= 0.3 is 11.9 Å². The molecule has 0 aromatic heterocycles. The first-order chi connectivity index (χ1) is 9.36. The van der Waals surface area contributed by atoms with Crippen LogP contribution in [0.1, 0.15) is 26.7 Å². The minimum atomic E-state index is -1.16. The van der Waals surface area contributed by atoms with Crippen LogP contribution in [0.3, 0.4) is 0 Å². The highest BCUT2D eigenvalue weighted by Gasteiger charge is 2.39. The number of hydrogen-bond acceptors (Lipinski definition) is 4.